The lowest BCUT2D eigenvalue weighted by Crippen LogP contribution is -2.24. The number of carbonyl (C=O) groups excluding carboxylic acids is 2. The summed E-state index contributed by atoms with van der Waals surface area (Å²) in [7, 11) is 6.06. The number of ether oxygens (including phenoxy) is 2. The van der Waals surface area contributed by atoms with E-state index in [1.165, 1.54) is 37.3 Å². The Morgan fingerprint density at radius 1 is 1.04 bits per heavy atom. The molecule has 0 heterocycles. The molecule has 0 saturated carbocycles. The lowest BCUT2D eigenvalue weighted by molar-refractivity contribution is -0.113. The zero-order valence-corrected chi connectivity index (χ0v) is 16.7. The van der Waals surface area contributed by atoms with Gasteiger partial charge in [-0.15, -0.1) is 11.8 Å². The average Bonchev–Trinajstić information content (AvgIpc) is 2.67. The molecule has 150 valence electrons. The molecule has 0 aliphatic heterocycles. The molecule has 0 unspecified atom stereocenters. The number of nitrogens with zero attached hydrogens (tertiary/aromatic N) is 1. The zero-order valence-electron chi connectivity index (χ0n) is 15.8. The highest BCUT2D eigenvalue weighted by atomic mass is 32.2. The summed E-state index contributed by atoms with van der Waals surface area (Å²) in [5.41, 5.74) is 0.487. The van der Waals surface area contributed by atoms with Gasteiger partial charge in [0.05, 0.1) is 31.2 Å². The van der Waals surface area contributed by atoms with Gasteiger partial charge in [0.2, 0.25) is 5.91 Å². The number of methoxy groups -OCH3 is 2. The minimum absolute atomic E-state index is 0.0605. The second-order valence-corrected chi connectivity index (χ2v) is 6.91. The van der Waals surface area contributed by atoms with Crippen molar-refractivity contribution in [3.05, 3.63) is 47.5 Å². The Bertz CT molecular complexity index is 890. The van der Waals surface area contributed by atoms with Crippen molar-refractivity contribution in [3.8, 4) is 11.5 Å². The van der Waals surface area contributed by atoms with Crippen molar-refractivity contribution < 1.29 is 27.8 Å². The van der Waals surface area contributed by atoms with Crippen LogP contribution >= 0.6 is 11.8 Å². The molecular formula is C19H20F2N2O4S. The highest BCUT2D eigenvalue weighted by molar-refractivity contribution is 8.00. The van der Waals surface area contributed by atoms with Crippen molar-refractivity contribution in [2.75, 3.05) is 39.4 Å². The highest BCUT2D eigenvalue weighted by Crippen LogP contribution is 2.34. The molecule has 2 aromatic rings. The van der Waals surface area contributed by atoms with Crippen LogP contribution in [0, 0.1) is 11.6 Å². The van der Waals surface area contributed by atoms with Gasteiger partial charge in [-0.3, -0.25) is 9.59 Å². The average molecular weight is 410 g/mol. The topological polar surface area (TPSA) is 67.9 Å². The summed E-state index contributed by atoms with van der Waals surface area (Å²) in [4.78, 5) is 26.6. The van der Waals surface area contributed by atoms with Crippen LogP contribution in [-0.4, -0.2) is 50.8 Å². The van der Waals surface area contributed by atoms with Crippen molar-refractivity contribution in [2.45, 2.75) is 4.90 Å². The van der Waals surface area contributed by atoms with Crippen molar-refractivity contribution in [2.24, 2.45) is 0 Å². The van der Waals surface area contributed by atoms with E-state index in [1.807, 2.05) is 0 Å². The monoisotopic (exact) mass is 410 g/mol. The fourth-order valence-electron chi connectivity index (χ4n) is 2.30. The summed E-state index contributed by atoms with van der Waals surface area (Å²) in [6.45, 7) is 0. The van der Waals surface area contributed by atoms with E-state index in [4.69, 9.17) is 9.47 Å². The largest absolute Gasteiger partial charge is 0.493 e. The predicted octanol–water partition coefficient (Wildman–Crippen LogP) is 3.41. The van der Waals surface area contributed by atoms with Crippen molar-refractivity contribution in [3.63, 3.8) is 0 Å². The van der Waals surface area contributed by atoms with Gasteiger partial charge in [0.1, 0.15) is 0 Å². The van der Waals surface area contributed by atoms with Crippen LogP contribution in [0.5, 0.6) is 11.5 Å². The SMILES string of the molecule is COc1cc(NC(=O)CSc2ccc(F)c(F)c2)c(C(=O)N(C)C)cc1OC. The van der Waals surface area contributed by atoms with Gasteiger partial charge in [0.15, 0.2) is 23.1 Å². The lowest BCUT2D eigenvalue weighted by Gasteiger charge is -2.18. The van der Waals surface area contributed by atoms with Crippen LogP contribution in [0.1, 0.15) is 10.4 Å². The van der Waals surface area contributed by atoms with Gasteiger partial charge in [0.25, 0.3) is 5.91 Å². The lowest BCUT2D eigenvalue weighted by atomic mass is 10.1. The number of carbonyl (C=O) groups is 2. The van der Waals surface area contributed by atoms with Gasteiger partial charge in [-0.05, 0) is 24.3 Å². The normalized spacial score (nSPS) is 10.4. The second kappa shape index (κ2) is 9.41. The first-order valence-electron chi connectivity index (χ1n) is 8.12. The smallest absolute Gasteiger partial charge is 0.255 e. The maximum absolute atomic E-state index is 13.3. The van der Waals surface area contributed by atoms with E-state index in [9.17, 15) is 18.4 Å². The number of nitrogens with one attached hydrogen (secondary N) is 1. The van der Waals surface area contributed by atoms with Gasteiger partial charge in [-0.2, -0.15) is 0 Å². The third-order valence-corrected chi connectivity index (χ3v) is 4.69. The summed E-state index contributed by atoms with van der Waals surface area (Å²) in [5, 5.41) is 2.66. The summed E-state index contributed by atoms with van der Waals surface area (Å²) in [5.74, 6) is -2.05. The number of rotatable bonds is 7. The molecular weight excluding hydrogens is 390 g/mol. The number of thioether (sulfide) groups is 1. The minimum atomic E-state index is -0.982. The second-order valence-electron chi connectivity index (χ2n) is 5.87. The van der Waals surface area contributed by atoms with Crippen LogP contribution in [0.4, 0.5) is 14.5 Å². The molecule has 6 nitrogen and oxygen atoms in total. The van der Waals surface area contributed by atoms with Gasteiger partial charge >= 0.3 is 0 Å². The fraction of sp³-hybridized carbons (Fsp3) is 0.263. The Balaban J connectivity index is 2.21. The third-order valence-electron chi connectivity index (χ3n) is 3.70. The van der Waals surface area contributed by atoms with E-state index in [-0.39, 0.29) is 22.9 Å². The molecule has 0 aliphatic carbocycles. The van der Waals surface area contributed by atoms with Crippen molar-refractivity contribution in [1.82, 2.24) is 4.90 Å². The van der Waals surface area contributed by atoms with Crippen molar-refractivity contribution >= 4 is 29.3 Å². The first-order valence-corrected chi connectivity index (χ1v) is 9.10. The molecule has 0 atom stereocenters. The van der Waals surface area contributed by atoms with Gasteiger partial charge in [0, 0.05) is 25.1 Å². The maximum atomic E-state index is 13.3. The molecule has 1 N–H and O–H groups in total. The third kappa shape index (κ3) is 5.13. The molecule has 28 heavy (non-hydrogen) atoms. The molecule has 0 spiro atoms. The van der Waals surface area contributed by atoms with Crippen LogP contribution in [0.2, 0.25) is 0 Å². The van der Waals surface area contributed by atoms with Gasteiger partial charge < -0.3 is 19.7 Å². The first kappa shape index (κ1) is 21.5. The van der Waals surface area contributed by atoms with Crippen molar-refractivity contribution in [1.29, 1.82) is 0 Å². The Morgan fingerprint density at radius 3 is 2.25 bits per heavy atom. The fourth-order valence-corrected chi connectivity index (χ4v) is 3.02. The molecule has 9 heteroatoms. The van der Waals surface area contributed by atoms with E-state index in [0.29, 0.717) is 16.4 Å². The number of halogens is 2. The Kier molecular flexibility index (Phi) is 7.22. The molecule has 2 aromatic carbocycles. The minimum Gasteiger partial charge on any atom is -0.493 e. The molecule has 0 radical (unpaired) electrons. The van der Waals surface area contributed by atoms with Gasteiger partial charge in [-0.25, -0.2) is 8.78 Å². The summed E-state index contributed by atoms with van der Waals surface area (Å²) >= 11 is 1.04. The molecule has 2 amide bonds. The Morgan fingerprint density at radius 2 is 1.68 bits per heavy atom. The molecule has 0 bridgehead atoms. The summed E-state index contributed by atoms with van der Waals surface area (Å²) in [6.07, 6.45) is 0. The number of hydrogen-bond acceptors (Lipinski definition) is 5. The maximum Gasteiger partial charge on any atom is 0.255 e. The Labute approximate surface area is 165 Å². The molecule has 0 saturated heterocycles. The zero-order chi connectivity index (χ0) is 20.8. The van der Waals surface area contributed by atoms with E-state index >= 15 is 0 Å². The van der Waals surface area contributed by atoms with Crippen LogP contribution < -0.4 is 14.8 Å². The predicted molar refractivity (Wildman–Crippen MR) is 103 cm³/mol. The standard InChI is InChI=1S/C19H20F2N2O4S/c1-23(2)19(25)12-8-16(26-3)17(27-4)9-15(12)22-18(24)10-28-11-5-6-13(20)14(21)7-11/h5-9H,10H2,1-4H3,(H,22,24). The first-order chi connectivity index (χ1) is 13.3. The summed E-state index contributed by atoms with van der Waals surface area (Å²) in [6, 6.07) is 6.38. The van der Waals surface area contributed by atoms with Crippen LogP contribution in [0.15, 0.2) is 35.2 Å². The molecule has 0 fully saturated rings. The van der Waals surface area contributed by atoms with E-state index in [1.54, 1.807) is 14.1 Å². The van der Waals surface area contributed by atoms with E-state index in [2.05, 4.69) is 5.32 Å². The number of hydrogen-bond donors (Lipinski definition) is 1. The van der Waals surface area contributed by atoms with E-state index in [0.717, 1.165) is 23.9 Å². The molecule has 2 rings (SSSR count). The molecule has 0 aromatic heterocycles. The summed E-state index contributed by atoms with van der Waals surface area (Å²) < 4.78 is 36.7. The highest BCUT2D eigenvalue weighted by Gasteiger charge is 2.20. The van der Waals surface area contributed by atoms with E-state index < -0.39 is 17.5 Å². The van der Waals surface area contributed by atoms with Crippen LogP contribution in [0.3, 0.4) is 0 Å². The van der Waals surface area contributed by atoms with Gasteiger partial charge in [-0.1, -0.05) is 0 Å². The molecule has 0 aliphatic rings. The number of benzene rings is 2. The van der Waals surface area contributed by atoms with Crippen LogP contribution in [0.25, 0.3) is 0 Å². The quantitative estimate of drug-likeness (QED) is 0.709. The Hall–Kier alpha value is -2.81. The number of anilines is 1. The number of amides is 2. The van der Waals surface area contributed by atoms with Crippen LogP contribution in [-0.2, 0) is 4.79 Å².